The summed E-state index contributed by atoms with van der Waals surface area (Å²) in [5.41, 5.74) is 0.974. The maximum Gasteiger partial charge on any atom is 0.233 e. The van der Waals surface area contributed by atoms with Crippen LogP contribution in [0.15, 0.2) is 29.4 Å². The van der Waals surface area contributed by atoms with Crippen LogP contribution in [-0.4, -0.2) is 51.0 Å². The van der Waals surface area contributed by atoms with Gasteiger partial charge in [0.1, 0.15) is 11.6 Å². The average Bonchev–Trinajstić information content (AvgIpc) is 3.13. The maximum absolute atomic E-state index is 13.1. The summed E-state index contributed by atoms with van der Waals surface area (Å²) in [6, 6.07) is 8.25. The second-order valence-corrected chi connectivity index (χ2v) is 9.16. The van der Waals surface area contributed by atoms with Crippen molar-refractivity contribution in [2.45, 2.75) is 57.1 Å². The Hall–Kier alpha value is -2.02. The number of piperidine rings is 1. The number of likely N-dealkylation sites (tertiary alicyclic amines) is 1. The molecule has 156 valence electrons. The second kappa shape index (κ2) is 8.78. The van der Waals surface area contributed by atoms with Gasteiger partial charge in [-0.05, 0) is 62.3 Å². The fraction of sp³-hybridized carbons (Fsp3) is 0.591. The van der Waals surface area contributed by atoms with E-state index in [4.69, 9.17) is 4.74 Å². The third-order valence-corrected chi connectivity index (χ3v) is 7.42. The van der Waals surface area contributed by atoms with E-state index >= 15 is 0 Å². The number of carbonyl (C=O) groups is 1. The molecule has 0 N–H and O–H groups in total. The number of hydrogen-bond donors (Lipinski definition) is 0. The van der Waals surface area contributed by atoms with E-state index in [-0.39, 0.29) is 5.91 Å². The lowest BCUT2D eigenvalue weighted by molar-refractivity contribution is -0.136. The Morgan fingerprint density at radius 3 is 2.69 bits per heavy atom. The topological polar surface area (TPSA) is 60.2 Å². The first-order valence-corrected chi connectivity index (χ1v) is 11.6. The van der Waals surface area contributed by atoms with E-state index < -0.39 is 0 Å². The molecular formula is C22H30N4O2S. The third kappa shape index (κ3) is 4.15. The zero-order valence-corrected chi connectivity index (χ0v) is 18.3. The van der Waals surface area contributed by atoms with Gasteiger partial charge in [-0.3, -0.25) is 9.36 Å². The summed E-state index contributed by atoms with van der Waals surface area (Å²) < 4.78 is 7.25. The van der Waals surface area contributed by atoms with E-state index in [2.05, 4.69) is 22.0 Å². The first kappa shape index (κ1) is 20.3. The first-order valence-electron chi connectivity index (χ1n) is 10.6. The van der Waals surface area contributed by atoms with E-state index in [9.17, 15) is 4.79 Å². The van der Waals surface area contributed by atoms with Gasteiger partial charge in [0.2, 0.25) is 5.91 Å². The summed E-state index contributed by atoms with van der Waals surface area (Å²) in [5.74, 6) is 3.68. The second-order valence-electron chi connectivity index (χ2n) is 8.22. The van der Waals surface area contributed by atoms with Crippen molar-refractivity contribution in [3.8, 4) is 11.4 Å². The highest BCUT2D eigenvalue weighted by Crippen LogP contribution is 2.39. The van der Waals surface area contributed by atoms with Gasteiger partial charge < -0.3 is 9.64 Å². The molecule has 4 rings (SSSR count). The van der Waals surface area contributed by atoms with E-state index in [1.165, 1.54) is 31.0 Å². The van der Waals surface area contributed by atoms with Crippen molar-refractivity contribution in [1.29, 1.82) is 0 Å². The van der Waals surface area contributed by atoms with Crippen LogP contribution in [-0.2, 0) is 4.79 Å². The van der Waals surface area contributed by atoms with E-state index in [0.717, 1.165) is 47.7 Å². The average molecular weight is 415 g/mol. The van der Waals surface area contributed by atoms with E-state index in [0.29, 0.717) is 17.7 Å². The van der Waals surface area contributed by atoms with Crippen molar-refractivity contribution >= 4 is 17.7 Å². The number of amides is 1. The van der Waals surface area contributed by atoms with Crippen LogP contribution in [0.5, 0.6) is 5.75 Å². The highest BCUT2D eigenvalue weighted by atomic mass is 32.2. The van der Waals surface area contributed by atoms with Crippen LogP contribution in [0.3, 0.4) is 0 Å². The van der Waals surface area contributed by atoms with Crippen LogP contribution in [0.4, 0.5) is 0 Å². The molecule has 3 unspecified atom stereocenters. The number of hydrogen-bond acceptors (Lipinski definition) is 5. The van der Waals surface area contributed by atoms with Crippen molar-refractivity contribution < 1.29 is 9.53 Å². The fourth-order valence-corrected chi connectivity index (χ4v) is 5.78. The van der Waals surface area contributed by atoms with Crippen LogP contribution in [0.25, 0.3) is 5.69 Å². The Morgan fingerprint density at radius 1 is 1.17 bits per heavy atom. The number of nitrogens with zero attached hydrogens (tertiary/aromatic N) is 4. The van der Waals surface area contributed by atoms with Crippen LogP contribution in [0, 0.1) is 18.8 Å². The summed E-state index contributed by atoms with van der Waals surface area (Å²) >= 11 is 1.48. The molecule has 1 aliphatic heterocycles. The van der Waals surface area contributed by atoms with Crippen molar-refractivity contribution in [3.05, 3.63) is 30.1 Å². The van der Waals surface area contributed by atoms with Gasteiger partial charge in [-0.15, -0.1) is 10.2 Å². The lowest BCUT2D eigenvalue weighted by Gasteiger charge is -2.47. The monoisotopic (exact) mass is 414 g/mol. The molecule has 2 aromatic rings. The molecule has 1 saturated heterocycles. The molecule has 1 amide bonds. The molecule has 1 aliphatic carbocycles. The van der Waals surface area contributed by atoms with Gasteiger partial charge >= 0.3 is 0 Å². The molecule has 0 radical (unpaired) electrons. The Balaban J connectivity index is 1.46. The molecule has 2 fully saturated rings. The maximum atomic E-state index is 13.1. The van der Waals surface area contributed by atoms with E-state index in [1.54, 1.807) is 7.11 Å². The van der Waals surface area contributed by atoms with Crippen molar-refractivity contribution in [3.63, 3.8) is 0 Å². The number of thioether (sulfide) groups is 1. The Labute approximate surface area is 177 Å². The number of ether oxygens (including phenoxy) is 1. The molecule has 29 heavy (non-hydrogen) atoms. The largest absolute Gasteiger partial charge is 0.497 e. The van der Waals surface area contributed by atoms with Gasteiger partial charge in [-0.2, -0.15) is 0 Å². The number of methoxy groups -OCH3 is 1. The SMILES string of the molecule is COc1ccc(-n2c(C)nnc2SCC(=O)N2CCC(C)C3CCCCC32)cc1. The molecule has 6 nitrogen and oxygen atoms in total. The normalized spacial score (nSPS) is 24.2. The number of aryl methyl sites for hydroxylation is 1. The molecule has 0 spiro atoms. The number of fused-ring (bicyclic) bond motifs is 1. The Bertz CT molecular complexity index is 851. The third-order valence-electron chi connectivity index (χ3n) is 6.51. The molecule has 0 bridgehead atoms. The van der Waals surface area contributed by atoms with Crippen molar-refractivity contribution in [2.75, 3.05) is 19.4 Å². The number of rotatable bonds is 5. The molecule has 1 aromatic carbocycles. The summed E-state index contributed by atoms with van der Waals surface area (Å²) in [5, 5.41) is 9.31. The van der Waals surface area contributed by atoms with Gasteiger partial charge in [0.15, 0.2) is 5.16 Å². The standard InChI is InChI=1S/C22H30N4O2S/c1-15-12-13-25(20-7-5-4-6-19(15)20)21(27)14-29-22-24-23-16(2)26(22)17-8-10-18(28-3)11-9-17/h8-11,15,19-20H,4-7,12-14H2,1-3H3. The molecule has 1 aromatic heterocycles. The van der Waals surface area contributed by atoms with Crippen LogP contribution in [0.1, 0.15) is 44.9 Å². The summed E-state index contributed by atoms with van der Waals surface area (Å²) in [7, 11) is 1.66. The predicted molar refractivity (Wildman–Crippen MR) is 115 cm³/mol. The molecule has 1 saturated carbocycles. The highest BCUT2D eigenvalue weighted by Gasteiger charge is 2.39. The number of carbonyl (C=O) groups excluding carboxylic acids is 1. The smallest absolute Gasteiger partial charge is 0.233 e. The van der Waals surface area contributed by atoms with Gasteiger partial charge in [-0.1, -0.05) is 31.5 Å². The lowest BCUT2D eigenvalue weighted by Crippen LogP contribution is -2.52. The van der Waals surface area contributed by atoms with Crippen LogP contribution in [0.2, 0.25) is 0 Å². The van der Waals surface area contributed by atoms with Crippen molar-refractivity contribution in [2.24, 2.45) is 11.8 Å². The lowest BCUT2D eigenvalue weighted by atomic mass is 9.72. The fourth-order valence-electron chi connectivity index (χ4n) is 4.90. The van der Waals surface area contributed by atoms with Gasteiger partial charge in [0, 0.05) is 18.3 Å². The summed E-state index contributed by atoms with van der Waals surface area (Å²) in [4.78, 5) is 15.3. The first-order chi connectivity index (χ1) is 14.1. The zero-order valence-electron chi connectivity index (χ0n) is 17.5. The van der Waals surface area contributed by atoms with E-state index in [1.807, 2.05) is 35.8 Å². The summed E-state index contributed by atoms with van der Waals surface area (Å²) in [6.45, 7) is 5.19. The van der Waals surface area contributed by atoms with Crippen LogP contribution >= 0.6 is 11.8 Å². The number of aromatic nitrogens is 3. The predicted octanol–water partition coefficient (Wildman–Crippen LogP) is 4.10. The highest BCUT2D eigenvalue weighted by molar-refractivity contribution is 7.99. The Kier molecular flexibility index (Phi) is 6.13. The molecule has 3 atom stereocenters. The van der Waals surface area contributed by atoms with Gasteiger partial charge in [0.05, 0.1) is 12.9 Å². The minimum absolute atomic E-state index is 0.237. The van der Waals surface area contributed by atoms with Crippen LogP contribution < -0.4 is 4.74 Å². The molecule has 7 heteroatoms. The zero-order chi connectivity index (χ0) is 20.4. The number of benzene rings is 1. The Morgan fingerprint density at radius 2 is 1.93 bits per heavy atom. The minimum Gasteiger partial charge on any atom is -0.497 e. The molecule has 2 aliphatic rings. The molecule has 2 heterocycles. The quantitative estimate of drug-likeness (QED) is 0.689. The summed E-state index contributed by atoms with van der Waals surface area (Å²) in [6.07, 6.45) is 6.11. The van der Waals surface area contributed by atoms with Gasteiger partial charge in [0.25, 0.3) is 0 Å². The van der Waals surface area contributed by atoms with Crippen molar-refractivity contribution in [1.82, 2.24) is 19.7 Å². The minimum atomic E-state index is 0.237. The molecular weight excluding hydrogens is 384 g/mol. The van der Waals surface area contributed by atoms with Gasteiger partial charge in [-0.25, -0.2) is 0 Å².